The quantitative estimate of drug-likeness (QED) is 0.341. The van der Waals surface area contributed by atoms with Crippen LogP contribution < -0.4 is 0 Å². The van der Waals surface area contributed by atoms with Gasteiger partial charge in [-0.1, -0.05) is 30.3 Å². The number of nitrogens with zero attached hydrogens (tertiary/aromatic N) is 4. The molecule has 35 heavy (non-hydrogen) atoms. The van der Waals surface area contributed by atoms with Gasteiger partial charge in [-0.2, -0.15) is 5.10 Å². The number of aromatic nitrogens is 4. The Morgan fingerprint density at radius 2 is 1.63 bits per heavy atom. The fourth-order valence-corrected chi connectivity index (χ4v) is 5.54. The predicted octanol–water partition coefficient (Wildman–Crippen LogP) is 5.29. The summed E-state index contributed by atoms with van der Waals surface area (Å²) >= 11 is 0. The number of furan rings is 1. The first-order valence-electron chi connectivity index (χ1n) is 11.2. The number of rotatable bonds is 3. The van der Waals surface area contributed by atoms with Crippen LogP contribution in [0.25, 0.3) is 44.9 Å². The zero-order chi connectivity index (χ0) is 24.4. The average Bonchev–Trinajstić information content (AvgIpc) is 3.58. The summed E-state index contributed by atoms with van der Waals surface area (Å²) in [6.45, 7) is 0. The molecule has 0 amide bonds. The second-order valence-corrected chi connectivity index (χ2v) is 10.7. The van der Waals surface area contributed by atoms with Gasteiger partial charge in [-0.15, -0.1) is 0 Å². The molecule has 1 fully saturated rings. The third-order valence-corrected chi connectivity index (χ3v) is 7.57. The summed E-state index contributed by atoms with van der Waals surface area (Å²) in [5, 5.41) is 5.37. The Kier molecular flexibility index (Phi) is 6.17. The fraction of sp³-hybridized carbons (Fsp3) is 0.192. The van der Waals surface area contributed by atoms with Crippen molar-refractivity contribution >= 4 is 20.9 Å². The van der Waals surface area contributed by atoms with Crippen molar-refractivity contribution in [2.24, 2.45) is 7.05 Å². The van der Waals surface area contributed by atoms with E-state index in [1.54, 1.807) is 16.8 Å². The Hall–Kier alpha value is -3.85. The zero-order valence-corrected chi connectivity index (χ0v) is 19.9. The minimum absolute atomic E-state index is 0.284. The zero-order valence-electron chi connectivity index (χ0n) is 19.1. The van der Waals surface area contributed by atoms with Crippen LogP contribution in [0.3, 0.4) is 0 Å². The second kappa shape index (κ2) is 9.42. The largest absolute Gasteiger partial charge is 0.438 e. The molecule has 2 aromatic carbocycles. The maximum atomic E-state index is 13.3. The first-order valence-corrected chi connectivity index (χ1v) is 13.0. The van der Waals surface area contributed by atoms with Gasteiger partial charge in [0.2, 0.25) is 5.71 Å². The van der Waals surface area contributed by atoms with Gasteiger partial charge >= 0.3 is 0 Å². The monoisotopic (exact) mass is 490 g/mol. The van der Waals surface area contributed by atoms with Crippen LogP contribution in [0, 0.1) is 5.82 Å². The molecule has 0 unspecified atom stereocenters. The van der Waals surface area contributed by atoms with E-state index in [0.29, 0.717) is 17.2 Å². The van der Waals surface area contributed by atoms with Gasteiger partial charge in [0.25, 0.3) is 0 Å². The maximum absolute atomic E-state index is 13.3. The Bertz CT molecular complexity index is 1560. The van der Waals surface area contributed by atoms with Crippen LogP contribution in [-0.4, -0.2) is 39.7 Å². The van der Waals surface area contributed by atoms with E-state index >= 15 is 0 Å². The SMILES string of the molecule is Cn1cc(-c2ncnc3oc(-c4ccccc4)cc23)c(-c2ccc(F)cc2)n1.O=S1(=O)CCCC1. The summed E-state index contributed by atoms with van der Waals surface area (Å²) in [7, 11) is -0.699. The van der Waals surface area contributed by atoms with Gasteiger partial charge in [0, 0.05) is 29.9 Å². The molecule has 1 saturated heterocycles. The summed E-state index contributed by atoms with van der Waals surface area (Å²) in [6, 6.07) is 18.1. The molecule has 0 N–H and O–H groups in total. The molecule has 4 heterocycles. The first kappa shape index (κ1) is 22.9. The van der Waals surface area contributed by atoms with Gasteiger partial charge in [0.15, 0.2) is 0 Å². The highest BCUT2D eigenvalue weighted by atomic mass is 32.2. The summed E-state index contributed by atoms with van der Waals surface area (Å²) in [5.74, 6) is 1.29. The van der Waals surface area contributed by atoms with Crippen LogP contribution in [0.15, 0.2) is 77.6 Å². The molecule has 0 saturated carbocycles. The molecule has 0 bridgehead atoms. The Morgan fingerprint density at radius 1 is 0.914 bits per heavy atom. The van der Waals surface area contributed by atoms with E-state index in [1.165, 1.54) is 18.5 Å². The van der Waals surface area contributed by atoms with Crippen LogP contribution in [0.4, 0.5) is 4.39 Å². The molecule has 7 nitrogen and oxygen atoms in total. The molecule has 3 aromatic heterocycles. The normalized spacial score (nSPS) is 14.6. The lowest BCUT2D eigenvalue weighted by Crippen LogP contribution is -1.98. The predicted molar refractivity (Wildman–Crippen MR) is 133 cm³/mol. The number of aryl methyl sites for hydroxylation is 1. The van der Waals surface area contributed by atoms with Crippen LogP contribution >= 0.6 is 0 Å². The Balaban J connectivity index is 0.000000313. The van der Waals surface area contributed by atoms with E-state index in [2.05, 4.69) is 15.1 Å². The van der Waals surface area contributed by atoms with Crippen LogP contribution in [0.2, 0.25) is 0 Å². The summed E-state index contributed by atoms with van der Waals surface area (Å²) in [6.07, 6.45) is 5.14. The second-order valence-electron chi connectivity index (χ2n) is 8.35. The smallest absolute Gasteiger partial charge is 0.230 e. The molecule has 0 aliphatic carbocycles. The molecule has 0 spiro atoms. The molecule has 178 valence electrons. The molecular weight excluding hydrogens is 467 g/mol. The topological polar surface area (TPSA) is 90.9 Å². The van der Waals surface area contributed by atoms with E-state index in [4.69, 9.17) is 4.42 Å². The van der Waals surface area contributed by atoms with Crippen molar-refractivity contribution in [1.82, 2.24) is 19.7 Å². The summed E-state index contributed by atoms with van der Waals surface area (Å²) in [4.78, 5) is 8.78. The number of hydrogen-bond acceptors (Lipinski definition) is 6. The molecule has 1 aliphatic heterocycles. The van der Waals surface area contributed by atoms with Crippen molar-refractivity contribution in [1.29, 1.82) is 0 Å². The van der Waals surface area contributed by atoms with Crippen molar-refractivity contribution in [3.8, 4) is 33.8 Å². The molecule has 0 atom stereocenters. The summed E-state index contributed by atoms with van der Waals surface area (Å²) in [5.41, 5.74) is 4.58. The van der Waals surface area contributed by atoms with Crippen molar-refractivity contribution in [3.05, 3.63) is 79.0 Å². The van der Waals surface area contributed by atoms with Gasteiger partial charge in [-0.25, -0.2) is 22.8 Å². The minimum atomic E-state index is -2.55. The van der Waals surface area contributed by atoms with Crippen molar-refractivity contribution in [2.75, 3.05) is 11.5 Å². The standard InChI is InChI=1S/C22H15FN4O.C4H8O2S/c1-27-12-18(20(26-27)15-7-9-16(23)10-8-15)21-17-11-19(14-5-3-2-4-6-14)28-22(17)25-13-24-21;5-7(6)3-1-2-4-7/h2-13H,1H3;1-4H2. The lowest BCUT2D eigenvalue weighted by Gasteiger charge is -2.03. The third kappa shape index (κ3) is 5.00. The summed E-state index contributed by atoms with van der Waals surface area (Å²) < 4.78 is 41.9. The highest BCUT2D eigenvalue weighted by molar-refractivity contribution is 7.91. The minimum Gasteiger partial charge on any atom is -0.438 e. The highest BCUT2D eigenvalue weighted by Gasteiger charge is 2.19. The van der Waals surface area contributed by atoms with E-state index in [9.17, 15) is 12.8 Å². The van der Waals surface area contributed by atoms with E-state index in [1.807, 2.05) is 49.6 Å². The highest BCUT2D eigenvalue weighted by Crippen LogP contribution is 2.36. The van der Waals surface area contributed by atoms with Gasteiger partial charge in [-0.05, 0) is 43.2 Å². The first-order chi connectivity index (χ1) is 16.9. The van der Waals surface area contributed by atoms with Crippen molar-refractivity contribution < 1.29 is 17.2 Å². The van der Waals surface area contributed by atoms with Gasteiger partial charge in [0.05, 0.1) is 22.6 Å². The van der Waals surface area contributed by atoms with E-state index < -0.39 is 9.84 Å². The van der Waals surface area contributed by atoms with E-state index in [-0.39, 0.29) is 5.82 Å². The molecule has 5 aromatic rings. The average molecular weight is 491 g/mol. The number of fused-ring (bicyclic) bond motifs is 1. The molecule has 9 heteroatoms. The maximum Gasteiger partial charge on any atom is 0.230 e. The molecule has 6 rings (SSSR count). The molecule has 0 radical (unpaired) electrons. The molecular formula is C26H23FN4O3S. The number of benzene rings is 2. The van der Waals surface area contributed by atoms with Gasteiger partial charge in [-0.3, -0.25) is 4.68 Å². The lowest BCUT2D eigenvalue weighted by molar-refractivity contribution is 0.602. The van der Waals surface area contributed by atoms with Gasteiger partial charge < -0.3 is 4.42 Å². The van der Waals surface area contributed by atoms with E-state index in [0.717, 1.165) is 52.1 Å². The molecule has 1 aliphatic rings. The van der Waals surface area contributed by atoms with Crippen molar-refractivity contribution in [3.63, 3.8) is 0 Å². The fourth-order valence-electron chi connectivity index (χ4n) is 4.04. The lowest BCUT2D eigenvalue weighted by atomic mass is 10.0. The number of halogens is 1. The Morgan fingerprint density at radius 3 is 2.29 bits per heavy atom. The van der Waals surface area contributed by atoms with Crippen molar-refractivity contribution in [2.45, 2.75) is 12.8 Å². The number of sulfone groups is 1. The van der Waals surface area contributed by atoms with Gasteiger partial charge in [0.1, 0.15) is 33.4 Å². The Labute approximate surface area is 202 Å². The number of hydrogen-bond donors (Lipinski definition) is 0. The van der Waals surface area contributed by atoms with Crippen LogP contribution in [0.5, 0.6) is 0 Å². The van der Waals surface area contributed by atoms with Crippen LogP contribution in [-0.2, 0) is 16.9 Å². The third-order valence-electron chi connectivity index (χ3n) is 5.75. The van der Waals surface area contributed by atoms with Crippen LogP contribution in [0.1, 0.15) is 12.8 Å².